The fraction of sp³-hybridized carbons (Fsp3) is 0.600. The molecular weight excluding hydrogens is 241 g/mol. The van der Waals surface area contributed by atoms with Crippen molar-refractivity contribution in [2.45, 2.75) is 31.8 Å². The van der Waals surface area contributed by atoms with Crippen LogP contribution in [0.3, 0.4) is 0 Å². The van der Waals surface area contributed by atoms with Crippen molar-refractivity contribution in [3.63, 3.8) is 0 Å². The van der Waals surface area contributed by atoms with Gasteiger partial charge in [-0.3, -0.25) is 4.90 Å². The molecule has 0 amide bonds. The highest BCUT2D eigenvalue weighted by atomic mass is 19.1. The van der Waals surface area contributed by atoms with E-state index in [1.165, 1.54) is 19.4 Å². The van der Waals surface area contributed by atoms with Crippen molar-refractivity contribution in [2.24, 2.45) is 5.73 Å². The van der Waals surface area contributed by atoms with E-state index in [0.717, 1.165) is 30.9 Å². The quantitative estimate of drug-likeness (QED) is 0.887. The third-order valence-corrected chi connectivity index (χ3v) is 4.43. The van der Waals surface area contributed by atoms with Gasteiger partial charge < -0.3 is 10.6 Å². The summed E-state index contributed by atoms with van der Waals surface area (Å²) in [6, 6.07) is 5.92. The molecule has 2 aliphatic heterocycles. The topological polar surface area (TPSA) is 32.5 Å². The van der Waals surface area contributed by atoms with Crippen LogP contribution in [0.15, 0.2) is 18.2 Å². The van der Waals surface area contributed by atoms with Crippen LogP contribution >= 0.6 is 0 Å². The summed E-state index contributed by atoms with van der Waals surface area (Å²) in [4.78, 5) is 4.72. The van der Waals surface area contributed by atoms with E-state index in [1.54, 1.807) is 6.07 Å². The fourth-order valence-corrected chi connectivity index (χ4v) is 3.27. The lowest BCUT2D eigenvalue weighted by molar-refractivity contribution is 0.230. The first-order valence-electron chi connectivity index (χ1n) is 7.19. The van der Waals surface area contributed by atoms with Crippen molar-refractivity contribution in [3.8, 4) is 0 Å². The van der Waals surface area contributed by atoms with Crippen LogP contribution < -0.4 is 10.6 Å². The van der Waals surface area contributed by atoms with Crippen LogP contribution in [0.1, 0.15) is 31.4 Å². The molecular formula is C15H22FN3. The predicted molar refractivity (Wildman–Crippen MR) is 75.8 cm³/mol. The van der Waals surface area contributed by atoms with Crippen molar-refractivity contribution in [2.75, 3.05) is 31.1 Å². The number of rotatable bonds is 2. The van der Waals surface area contributed by atoms with Crippen LogP contribution in [0.5, 0.6) is 0 Å². The second kappa shape index (κ2) is 5.10. The minimum Gasteiger partial charge on any atom is -0.366 e. The van der Waals surface area contributed by atoms with Crippen molar-refractivity contribution < 1.29 is 4.39 Å². The van der Waals surface area contributed by atoms with Gasteiger partial charge in [-0.05, 0) is 44.0 Å². The molecule has 2 fully saturated rings. The smallest absolute Gasteiger partial charge is 0.146 e. The van der Waals surface area contributed by atoms with Gasteiger partial charge in [-0.1, -0.05) is 6.07 Å². The molecule has 3 rings (SSSR count). The zero-order chi connectivity index (χ0) is 13.4. The summed E-state index contributed by atoms with van der Waals surface area (Å²) in [6.07, 6.45) is 2.53. The lowest BCUT2D eigenvalue weighted by atomic mass is 10.1. The molecule has 19 heavy (non-hydrogen) atoms. The summed E-state index contributed by atoms with van der Waals surface area (Å²) in [5, 5.41) is 0. The minimum absolute atomic E-state index is 0.116. The Hall–Kier alpha value is -1.13. The molecule has 0 bridgehead atoms. The highest BCUT2D eigenvalue weighted by Gasteiger charge is 2.31. The van der Waals surface area contributed by atoms with E-state index >= 15 is 0 Å². The van der Waals surface area contributed by atoms with E-state index in [9.17, 15) is 4.39 Å². The summed E-state index contributed by atoms with van der Waals surface area (Å²) >= 11 is 0. The highest BCUT2D eigenvalue weighted by molar-refractivity contribution is 5.50. The van der Waals surface area contributed by atoms with Crippen LogP contribution in [-0.2, 0) is 0 Å². The summed E-state index contributed by atoms with van der Waals surface area (Å²) in [5.74, 6) is -0.138. The zero-order valence-electron chi connectivity index (χ0n) is 11.5. The van der Waals surface area contributed by atoms with Crippen LogP contribution in [-0.4, -0.2) is 37.1 Å². The third-order valence-electron chi connectivity index (χ3n) is 4.43. The molecule has 1 aromatic carbocycles. The molecule has 4 heteroatoms. The normalized spacial score (nSPS) is 25.4. The van der Waals surface area contributed by atoms with Crippen molar-refractivity contribution in [1.29, 1.82) is 0 Å². The van der Waals surface area contributed by atoms with Crippen molar-refractivity contribution in [3.05, 3.63) is 29.6 Å². The van der Waals surface area contributed by atoms with Crippen LogP contribution in [0.2, 0.25) is 0 Å². The van der Waals surface area contributed by atoms with Gasteiger partial charge in [0, 0.05) is 31.7 Å². The van der Waals surface area contributed by atoms with E-state index < -0.39 is 0 Å². The molecule has 1 aromatic rings. The van der Waals surface area contributed by atoms with Gasteiger partial charge in [-0.25, -0.2) is 4.39 Å². The zero-order valence-corrected chi connectivity index (χ0v) is 11.5. The molecule has 1 unspecified atom stereocenters. The standard InChI is InChI=1S/C15H22FN3/c1-11(17)12-4-5-15(14(16)9-12)19-8-7-18-6-2-3-13(18)10-19/h4-5,9,11,13H,2-3,6-8,10,17H2,1H3/t11-,13?/m0/s1. The van der Waals surface area contributed by atoms with E-state index in [2.05, 4.69) is 9.80 Å². The molecule has 2 atom stereocenters. The molecule has 0 saturated carbocycles. The Bertz CT molecular complexity index is 461. The molecule has 0 radical (unpaired) electrons. The van der Waals surface area contributed by atoms with Gasteiger partial charge in [0.15, 0.2) is 0 Å². The minimum atomic E-state index is -0.138. The number of hydrogen-bond acceptors (Lipinski definition) is 3. The maximum Gasteiger partial charge on any atom is 0.146 e. The Morgan fingerprint density at radius 1 is 1.32 bits per heavy atom. The Balaban J connectivity index is 1.78. The maximum atomic E-state index is 14.2. The van der Waals surface area contributed by atoms with E-state index in [4.69, 9.17) is 5.73 Å². The highest BCUT2D eigenvalue weighted by Crippen LogP contribution is 2.28. The Morgan fingerprint density at radius 2 is 2.16 bits per heavy atom. The first-order chi connectivity index (χ1) is 9.15. The van der Waals surface area contributed by atoms with Crippen molar-refractivity contribution in [1.82, 2.24) is 4.90 Å². The van der Waals surface area contributed by atoms with Crippen LogP contribution in [0, 0.1) is 5.82 Å². The van der Waals surface area contributed by atoms with E-state index in [1.807, 2.05) is 19.1 Å². The Labute approximate surface area is 114 Å². The second-order valence-corrected chi connectivity index (χ2v) is 5.78. The molecule has 0 aliphatic carbocycles. The fourth-order valence-electron chi connectivity index (χ4n) is 3.27. The molecule has 3 nitrogen and oxygen atoms in total. The number of nitrogens with zero attached hydrogens (tertiary/aromatic N) is 2. The summed E-state index contributed by atoms with van der Waals surface area (Å²) in [5.41, 5.74) is 7.39. The van der Waals surface area contributed by atoms with Gasteiger partial charge in [0.1, 0.15) is 5.82 Å². The first-order valence-corrected chi connectivity index (χ1v) is 7.19. The Morgan fingerprint density at radius 3 is 2.89 bits per heavy atom. The van der Waals surface area contributed by atoms with Gasteiger partial charge in [0.2, 0.25) is 0 Å². The van der Waals surface area contributed by atoms with Crippen LogP contribution in [0.4, 0.5) is 10.1 Å². The maximum absolute atomic E-state index is 14.2. The van der Waals surface area contributed by atoms with Gasteiger partial charge in [0.05, 0.1) is 5.69 Å². The van der Waals surface area contributed by atoms with Gasteiger partial charge in [-0.2, -0.15) is 0 Å². The molecule has 2 heterocycles. The molecule has 0 aromatic heterocycles. The molecule has 104 valence electrons. The van der Waals surface area contributed by atoms with Crippen molar-refractivity contribution >= 4 is 5.69 Å². The molecule has 2 N–H and O–H groups in total. The summed E-state index contributed by atoms with van der Waals surface area (Å²) in [7, 11) is 0. The Kier molecular flexibility index (Phi) is 3.46. The number of hydrogen-bond donors (Lipinski definition) is 1. The van der Waals surface area contributed by atoms with E-state index in [0.29, 0.717) is 6.04 Å². The SMILES string of the molecule is C[C@H](N)c1ccc(N2CCN3CCCC3C2)c(F)c1. The first kappa shape index (κ1) is 12.9. The molecule has 2 aliphatic rings. The van der Waals surface area contributed by atoms with Gasteiger partial charge >= 0.3 is 0 Å². The van der Waals surface area contributed by atoms with E-state index in [-0.39, 0.29) is 11.9 Å². The monoisotopic (exact) mass is 263 g/mol. The lowest BCUT2D eigenvalue weighted by Crippen LogP contribution is -2.50. The van der Waals surface area contributed by atoms with Gasteiger partial charge in [0.25, 0.3) is 0 Å². The number of nitrogens with two attached hydrogens (primary N) is 1. The molecule has 0 spiro atoms. The van der Waals surface area contributed by atoms with Crippen LogP contribution in [0.25, 0.3) is 0 Å². The number of fused-ring (bicyclic) bond motifs is 1. The average molecular weight is 263 g/mol. The lowest BCUT2D eigenvalue weighted by Gasteiger charge is -2.39. The largest absolute Gasteiger partial charge is 0.366 e. The summed E-state index contributed by atoms with van der Waals surface area (Å²) in [6.45, 7) is 6.02. The summed E-state index contributed by atoms with van der Waals surface area (Å²) < 4.78 is 14.2. The molecule has 2 saturated heterocycles. The number of halogens is 1. The predicted octanol–water partition coefficient (Wildman–Crippen LogP) is 2.13. The number of piperazine rings is 1. The number of benzene rings is 1. The third kappa shape index (κ3) is 2.47. The second-order valence-electron chi connectivity index (χ2n) is 5.78. The average Bonchev–Trinajstić information content (AvgIpc) is 2.85. The van der Waals surface area contributed by atoms with Gasteiger partial charge in [-0.15, -0.1) is 0 Å². The number of anilines is 1.